The summed E-state index contributed by atoms with van der Waals surface area (Å²) in [6, 6.07) is 6.79. The molecule has 1 fully saturated rings. The van der Waals surface area contributed by atoms with Gasteiger partial charge in [0.1, 0.15) is 11.9 Å². The topological polar surface area (TPSA) is 68.8 Å². The Morgan fingerprint density at radius 1 is 1.41 bits per heavy atom. The van der Waals surface area contributed by atoms with Crippen molar-refractivity contribution in [1.29, 1.82) is 0 Å². The van der Waals surface area contributed by atoms with E-state index in [1.54, 1.807) is 31.4 Å². The molecular formula is C15H20N2O4S. The van der Waals surface area contributed by atoms with E-state index in [0.717, 1.165) is 0 Å². The number of amides is 1. The zero-order valence-corrected chi connectivity index (χ0v) is 13.7. The fourth-order valence-electron chi connectivity index (χ4n) is 2.03. The molecule has 7 heteroatoms. The summed E-state index contributed by atoms with van der Waals surface area (Å²) >= 11 is 5.11. The molecule has 0 radical (unpaired) electrons. The van der Waals surface area contributed by atoms with E-state index in [9.17, 15) is 4.79 Å². The molecule has 22 heavy (non-hydrogen) atoms. The first kappa shape index (κ1) is 16.7. The maximum Gasteiger partial charge on any atom is 0.257 e. The Kier molecular flexibility index (Phi) is 5.33. The summed E-state index contributed by atoms with van der Waals surface area (Å²) in [5.74, 6) is -0.150. The minimum Gasteiger partial charge on any atom is -0.497 e. The number of thiocarbonyl (C=S) groups is 1. The fourth-order valence-corrected chi connectivity index (χ4v) is 2.21. The molecule has 6 nitrogen and oxygen atoms in total. The van der Waals surface area contributed by atoms with Crippen LogP contribution in [0.3, 0.4) is 0 Å². The first-order valence-electron chi connectivity index (χ1n) is 6.94. The highest BCUT2D eigenvalue weighted by molar-refractivity contribution is 7.80. The van der Waals surface area contributed by atoms with Crippen molar-refractivity contribution >= 4 is 23.2 Å². The Morgan fingerprint density at radius 2 is 2.09 bits per heavy atom. The SMILES string of the molecule is COc1ccc(C(=O)NC(=S)NCC2COC(C)(C)O2)cc1. The van der Waals surface area contributed by atoms with E-state index in [1.165, 1.54) is 0 Å². The average molecular weight is 324 g/mol. The van der Waals surface area contributed by atoms with Gasteiger partial charge in [-0.2, -0.15) is 0 Å². The molecule has 1 saturated heterocycles. The lowest BCUT2D eigenvalue weighted by molar-refractivity contribution is -0.137. The number of nitrogens with one attached hydrogen (secondary N) is 2. The highest BCUT2D eigenvalue weighted by Gasteiger charge is 2.32. The van der Waals surface area contributed by atoms with Crippen molar-refractivity contribution in [3.8, 4) is 5.75 Å². The molecule has 2 N–H and O–H groups in total. The van der Waals surface area contributed by atoms with Gasteiger partial charge in [-0.1, -0.05) is 0 Å². The van der Waals surface area contributed by atoms with Gasteiger partial charge in [0.05, 0.1) is 13.7 Å². The first-order chi connectivity index (χ1) is 10.4. The van der Waals surface area contributed by atoms with Crippen molar-refractivity contribution in [2.45, 2.75) is 25.7 Å². The van der Waals surface area contributed by atoms with Gasteiger partial charge in [-0.05, 0) is 50.3 Å². The summed E-state index contributed by atoms with van der Waals surface area (Å²) in [4.78, 5) is 12.0. The van der Waals surface area contributed by atoms with Crippen molar-refractivity contribution in [3.05, 3.63) is 29.8 Å². The van der Waals surface area contributed by atoms with E-state index >= 15 is 0 Å². The lowest BCUT2D eigenvalue weighted by Gasteiger charge is -2.17. The van der Waals surface area contributed by atoms with Crippen LogP contribution in [0, 0.1) is 0 Å². The van der Waals surface area contributed by atoms with Crippen molar-refractivity contribution in [2.75, 3.05) is 20.3 Å². The van der Waals surface area contributed by atoms with Gasteiger partial charge in [0.15, 0.2) is 10.9 Å². The van der Waals surface area contributed by atoms with Crippen LogP contribution in [-0.2, 0) is 9.47 Å². The number of methoxy groups -OCH3 is 1. The Balaban J connectivity index is 1.77. The van der Waals surface area contributed by atoms with E-state index in [2.05, 4.69) is 10.6 Å². The van der Waals surface area contributed by atoms with Crippen molar-refractivity contribution in [3.63, 3.8) is 0 Å². The number of ether oxygens (including phenoxy) is 3. The summed E-state index contributed by atoms with van der Waals surface area (Å²) in [5.41, 5.74) is 0.506. The molecule has 1 heterocycles. The maximum absolute atomic E-state index is 12.0. The predicted octanol–water partition coefficient (Wildman–Crippen LogP) is 1.45. The number of hydrogen-bond donors (Lipinski definition) is 2. The van der Waals surface area contributed by atoms with E-state index in [1.807, 2.05) is 13.8 Å². The molecular weight excluding hydrogens is 304 g/mol. The van der Waals surface area contributed by atoms with Crippen LogP contribution in [0.4, 0.5) is 0 Å². The summed E-state index contributed by atoms with van der Waals surface area (Å²) < 4.78 is 16.1. The van der Waals surface area contributed by atoms with Crippen molar-refractivity contribution in [2.24, 2.45) is 0 Å². The number of benzene rings is 1. The van der Waals surface area contributed by atoms with Gasteiger partial charge in [-0.3, -0.25) is 10.1 Å². The molecule has 120 valence electrons. The smallest absolute Gasteiger partial charge is 0.257 e. The van der Waals surface area contributed by atoms with Crippen molar-refractivity contribution < 1.29 is 19.0 Å². The second kappa shape index (κ2) is 7.04. The predicted molar refractivity (Wildman–Crippen MR) is 86.0 cm³/mol. The zero-order valence-electron chi connectivity index (χ0n) is 12.8. The van der Waals surface area contributed by atoms with Gasteiger partial charge in [-0.25, -0.2) is 0 Å². The summed E-state index contributed by atoms with van der Waals surface area (Å²) in [7, 11) is 1.57. The molecule has 0 spiro atoms. The third kappa shape index (κ3) is 4.66. The van der Waals surface area contributed by atoms with Crippen LogP contribution in [0.5, 0.6) is 5.75 Å². The Labute approximate surface area is 135 Å². The molecule has 1 unspecified atom stereocenters. The molecule has 1 aromatic rings. The molecule has 1 atom stereocenters. The van der Waals surface area contributed by atoms with E-state index in [0.29, 0.717) is 24.5 Å². The average Bonchev–Trinajstić information content (AvgIpc) is 2.84. The number of carbonyl (C=O) groups excluding carboxylic acids is 1. The fraction of sp³-hybridized carbons (Fsp3) is 0.467. The van der Waals surface area contributed by atoms with Crippen LogP contribution in [0.15, 0.2) is 24.3 Å². The molecule has 0 aliphatic carbocycles. The van der Waals surface area contributed by atoms with E-state index < -0.39 is 5.79 Å². The second-order valence-electron chi connectivity index (χ2n) is 5.34. The minimum atomic E-state index is -0.569. The quantitative estimate of drug-likeness (QED) is 0.817. The normalized spacial score (nSPS) is 19.5. The molecule has 1 aromatic carbocycles. The molecule has 0 saturated carbocycles. The van der Waals surface area contributed by atoms with Crippen LogP contribution in [0.25, 0.3) is 0 Å². The lowest BCUT2D eigenvalue weighted by Crippen LogP contribution is -2.43. The van der Waals surface area contributed by atoms with Crippen LogP contribution in [0.2, 0.25) is 0 Å². The van der Waals surface area contributed by atoms with Gasteiger partial charge in [-0.15, -0.1) is 0 Å². The number of rotatable bonds is 4. The summed E-state index contributed by atoms with van der Waals surface area (Å²) in [5, 5.41) is 5.84. The molecule has 1 aliphatic rings. The molecule has 2 rings (SSSR count). The Morgan fingerprint density at radius 3 is 2.64 bits per heavy atom. The first-order valence-corrected chi connectivity index (χ1v) is 7.35. The van der Waals surface area contributed by atoms with Crippen LogP contribution in [0.1, 0.15) is 24.2 Å². The van der Waals surface area contributed by atoms with E-state index in [-0.39, 0.29) is 17.1 Å². The van der Waals surface area contributed by atoms with Crippen LogP contribution in [-0.4, -0.2) is 43.2 Å². The largest absolute Gasteiger partial charge is 0.497 e. The van der Waals surface area contributed by atoms with Gasteiger partial charge >= 0.3 is 0 Å². The van der Waals surface area contributed by atoms with Gasteiger partial charge in [0.25, 0.3) is 5.91 Å². The highest BCUT2D eigenvalue weighted by atomic mass is 32.1. The van der Waals surface area contributed by atoms with Gasteiger partial charge in [0.2, 0.25) is 0 Å². The van der Waals surface area contributed by atoms with Gasteiger partial charge in [0, 0.05) is 12.1 Å². The highest BCUT2D eigenvalue weighted by Crippen LogP contribution is 2.21. The van der Waals surface area contributed by atoms with Crippen molar-refractivity contribution in [1.82, 2.24) is 10.6 Å². The standard InChI is InChI=1S/C15H20N2O4S/c1-15(2)20-9-12(21-15)8-16-14(22)17-13(18)10-4-6-11(19-3)7-5-10/h4-7,12H,8-9H2,1-3H3,(H2,16,17,18,22). The zero-order chi connectivity index (χ0) is 16.2. The van der Waals surface area contributed by atoms with Gasteiger partial charge < -0.3 is 19.5 Å². The summed E-state index contributed by atoms with van der Waals surface area (Å²) in [6.07, 6.45) is -0.0918. The molecule has 0 aromatic heterocycles. The third-order valence-corrected chi connectivity index (χ3v) is 3.38. The Bertz CT molecular complexity index is 545. The summed E-state index contributed by atoms with van der Waals surface area (Å²) in [6.45, 7) is 4.69. The Hall–Kier alpha value is -1.70. The lowest BCUT2D eigenvalue weighted by atomic mass is 10.2. The van der Waals surface area contributed by atoms with E-state index in [4.69, 9.17) is 26.4 Å². The molecule has 0 bridgehead atoms. The minimum absolute atomic E-state index is 0.0918. The maximum atomic E-state index is 12.0. The monoisotopic (exact) mass is 324 g/mol. The number of carbonyl (C=O) groups is 1. The molecule has 1 amide bonds. The molecule has 1 aliphatic heterocycles. The second-order valence-corrected chi connectivity index (χ2v) is 5.75. The van der Waals surface area contributed by atoms with Crippen LogP contribution >= 0.6 is 12.2 Å². The van der Waals surface area contributed by atoms with Crippen LogP contribution < -0.4 is 15.4 Å². The third-order valence-electron chi connectivity index (χ3n) is 3.14. The number of hydrogen-bond acceptors (Lipinski definition) is 5.